The summed E-state index contributed by atoms with van der Waals surface area (Å²) in [5.41, 5.74) is 2.44. The van der Waals surface area contributed by atoms with Gasteiger partial charge in [-0.2, -0.15) is 5.10 Å². The van der Waals surface area contributed by atoms with Crippen LogP contribution >= 0.6 is 0 Å². The fourth-order valence-corrected chi connectivity index (χ4v) is 4.14. The molecule has 2 atom stereocenters. The number of hydrogen-bond acceptors (Lipinski definition) is 3. The summed E-state index contributed by atoms with van der Waals surface area (Å²) in [5, 5.41) is 8.34. The number of nitrogens with one attached hydrogen (secondary N) is 1. The van der Waals surface area contributed by atoms with Crippen molar-refractivity contribution in [3.63, 3.8) is 0 Å². The third-order valence-corrected chi connectivity index (χ3v) is 6.76. The van der Waals surface area contributed by atoms with E-state index in [4.69, 9.17) is 4.74 Å². The maximum atomic E-state index is 14.4. The van der Waals surface area contributed by atoms with Crippen LogP contribution < -0.4 is 10.1 Å². The van der Waals surface area contributed by atoms with Gasteiger partial charge in [0.2, 0.25) is 5.91 Å². The van der Waals surface area contributed by atoms with Gasteiger partial charge in [-0.25, -0.2) is 13.5 Å². The highest BCUT2D eigenvalue weighted by atomic mass is 19.1. The number of hydrogen-bond donors (Lipinski definition) is 1. The van der Waals surface area contributed by atoms with Crippen molar-refractivity contribution in [1.82, 2.24) is 15.1 Å². The molecule has 180 valence electrons. The Balaban J connectivity index is 1.44. The molecule has 1 N–H and O–H groups in total. The van der Waals surface area contributed by atoms with Gasteiger partial charge in [0.15, 0.2) is 0 Å². The molecule has 1 aromatic heterocycles. The van der Waals surface area contributed by atoms with E-state index >= 15 is 0 Å². The largest absolute Gasteiger partial charge is 0.484 e. The maximum Gasteiger partial charge on any atom is 0.226 e. The highest BCUT2D eigenvalue weighted by molar-refractivity contribution is 5.85. The quantitative estimate of drug-likeness (QED) is 0.355. The Morgan fingerprint density at radius 1 is 1.09 bits per heavy atom. The van der Waals surface area contributed by atoms with Crippen molar-refractivity contribution in [2.24, 2.45) is 5.41 Å². The van der Waals surface area contributed by atoms with Crippen LogP contribution in [0.3, 0.4) is 0 Å². The number of rotatable bonds is 7. The minimum Gasteiger partial charge on any atom is -0.484 e. The second-order valence-electron chi connectivity index (χ2n) is 9.62. The van der Waals surface area contributed by atoms with Crippen molar-refractivity contribution in [3.8, 4) is 11.4 Å². The number of halogens is 2. The molecule has 0 aliphatic heterocycles. The van der Waals surface area contributed by atoms with Crippen molar-refractivity contribution < 1.29 is 18.3 Å². The minimum absolute atomic E-state index is 0.0118. The number of ether oxygens (including phenoxy) is 1. The molecule has 7 heteroatoms. The van der Waals surface area contributed by atoms with Gasteiger partial charge in [-0.15, -0.1) is 0 Å². The Morgan fingerprint density at radius 2 is 1.83 bits per heavy atom. The van der Waals surface area contributed by atoms with E-state index in [1.54, 1.807) is 36.0 Å². The van der Waals surface area contributed by atoms with Crippen molar-refractivity contribution in [2.45, 2.75) is 45.8 Å². The molecule has 3 aromatic carbocycles. The summed E-state index contributed by atoms with van der Waals surface area (Å²) >= 11 is 0. The summed E-state index contributed by atoms with van der Waals surface area (Å²) in [6.45, 7) is 5.53. The fourth-order valence-electron chi connectivity index (χ4n) is 4.14. The molecule has 1 heterocycles. The topological polar surface area (TPSA) is 56.1 Å². The number of nitrogens with zero attached hydrogens (tertiary/aromatic N) is 2. The number of carbonyl (C=O) groups is 1. The molecule has 5 rings (SSSR count). The predicted molar refractivity (Wildman–Crippen MR) is 130 cm³/mol. The summed E-state index contributed by atoms with van der Waals surface area (Å²) < 4.78 is 35.8. The van der Waals surface area contributed by atoms with Gasteiger partial charge in [-0.1, -0.05) is 19.1 Å². The molecule has 1 saturated carbocycles. The van der Waals surface area contributed by atoms with Crippen LogP contribution in [0.1, 0.15) is 43.9 Å². The van der Waals surface area contributed by atoms with Gasteiger partial charge in [-0.05, 0) is 86.3 Å². The first kappa shape index (κ1) is 23.0. The summed E-state index contributed by atoms with van der Waals surface area (Å²) in [5.74, 6) is -0.0701. The number of aromatic nitrogens is 2. The normalized spacial score (nSPS) is 16.0. The number of carbonyl (C=O) groups excluding carboxylic acids is 1. The van der Waals surface area contributed by atoms with E-state index in [1.807, 2.05) is 38.1 Å². The Morgan fingerprint density at radius 3 is 2.51 bits per heavy atom. The van der Waals surface area contributed by atoms with E-state index in [1.165, 1.54) is 18.2 Å². The molecule has 1 amide bonds. The average molecular weight is 476 g/mol. The molecule has 1 aliphatic rings. The van der Waals surface area contributed by atoms with Gasteiger partial charge in [0.05, 0.1) is 23.4 Å². The van der Waals surface area contributed by atoms with Gasteiger partial charge in [0.25, 0.3) is 0 Å². The molecule has 0 bridgehead atoms. The van der Waals surface area contributed by atoms with E-state index in [0.29, 0.717) is 16.9 Å². The van der Waals surface area contributed by atoms with Gasteiger partial charge in [-0.3, -0.25) is 4.79 Å². The lowest BCUT2D eigenvalue weighted by Gasteiger charge is -2.28. The highest BCUT2D eigenvalue weighted by Crippen LogP contribution is 2.45. The Kier molecular flexibility index (Phi) is 5.79. The number of aryl methyl sites for hydroxylation is 1. The van der Waals surface area contributed by atoms with E-state index in [0.717, 1.165) is 29.4 Å². The van der Waals surface area contributed by atoms with Gasteiger partial charge >= 0.3 is 0 Å². The molecule has 0 spiro atoms. The second kappa shape index (κ2) is 8.80. The van der Waals surface area contributed by atoms with Crippen LogP contribution in [0.2, 0.25) is 0 Å². The summed E-state index contributed by atoms with van der Waals surface area (Å²) in [6, 6.07) is 16.3. The summed E-state index contributed by atoms with van der Waals surface area (Å²) in [4.78, 5) is 12.7. The molecule has 4 aromatic rings. The maximum absolute atomic E-state index is 14.4. The molecule has 1 fully saturated rings. The third kappa shape index (κ3) is 4.63. The van der Waals surface area contributed by atoms with Crippen LogP contribution in [0, 0.1) is 24.0 Å². The molecule has 0 radical (unpaired) electrons. The first-order chi connectivity index (χ1) is 16.7. The van der Waals surface area contributed by atoms with Crippen molar-refractivity contribution >= 4 is 16.8 Å². The molecular formula is C28H27F2N3O2. The summed E-state index contributed by atoms with van der Waals surface area (Å²) in [7, 11) is 0. The smallest absolute Gasteiger partial charge is 0.226 e. The first-order valence-electron chi connectivity index (χ1n) is 11.7. The zero-order valence-electron chi connectivity index (χ0n) is 19.9. The predicted octanol–water partition coefficient (Wildman–Crippen LogP) is 6.04. The first-order valence-corrected chi connectivity index (χ1v) is 11.7. The highest BCUT2D eigenvalue weighted by Gasteiger charge is 2.45. The van der Waals surface area contributed by atoms with Crippen LogP contribution in [-0.4, -0.2) is 21.7 Å². The molecule has 0 unspecified atom stereocenters. The van der Waals surface area contributed by atoms with E-state index in [2.05, 4.69) is 10.4 Å². The fraction of sp³-hybridized carbons (Fsp3) is 0.286. The third-order valence-electron chi connectivity index (χ3n) is 6.76. The monoisotopic (exact) mass is 475 g/mol. The van der Waals surface area contributed by atoms with E-state index < -0.39 is 6.10 Å². The SMILES string of the molecule is Cc1ccc([C@@H](Oc2ccc3c(cnn3-c3ccc(F)cc3)c2)[C@H](C)NC(=O)C2(C)CC2)cc1F. The second-order valence-corrected chi connectivity index (χ2v) is 9.62. The van der Waals surface area contributed by atoms with Crippen molar-refractivity contribution in [2.75, 3.05) is 0 Å². The van der Waals surface area contributed by atoms with E-state index in [-0.39, 0.29) is 29.0 Å². The van der Waals surface area contributed by atoms with Gasteiger partial charge in [0.1, 0.15) is 23.5 Å². The lowest BCUT2D eigenvalue weighted by Crippen LogP contribution is -2.42. The van der Waals surface area contributed by atoms with Crippen LogP contribution in [0.5, 0.6) is 5.75 Å². The van der Waals surface area contributed by atoms with Gasteiger partial charge < -0.3 is 10.1 Å². The molecule has 1 aliphatic carbocycles. The lowest BCUT2D eigenvalue weighted by atomic mass is 10.00. The summed E-state index contributed by atoms with van der Waals surface area (Å²) in [6.07, 6.45) is 2.85. The average Bonchev–Trinajstić information content (AvgIpc) is 3.46. The van der Waals surface area contributed by atoms with Crippen molar-refractivity contribution in [1.29, 1.82) is 0 Å². The minimum atomic E-state index is -0.596. The Hall–Kier alpha value is -3.74. The van der Waals surface area contributed by atoms with Crippen LogP contribution in [0.4, 0.5) is 8.78 Å². The number of benzene rings is 3. The van der Waals surface area contributed by atoms with Crippen LogP contribution in [-0.2, 0) is 4.79 Å². The Labute approximate surface area is 202 Å². The number of amides is 1. The molecule has 35 heavy (non-hydrogen) atoms. The van der Waals surface area contributed by atoms with Crippen LogP contribution in [0.25, 0.3) is 16.6 Å². The molecule has 0 saturated heterocycles. The number of fused-ring (bicyclic) bond motifs is 1. The van der Waals surface area contributed by atoms with Gasteiger partial charge in [0, 0.05) is 10.8 Å². The van der Waals surface area contributed by atoms with E-state index in [9.17, 15) is 13.6 Å². The van der Waals surface area contributed by atoms with Crippen LogP contribution in [0.15, 0.2) is 66.9 Å². The molecular weight excluding hydrogens is 448 g/mol. The standard InChI is InChI=1S/C28H27F2N3O2/c1-17-4-5-19(15-24(17)30)26(18(2)32-27(34)28(3)12-13-28)35-23-10-11-25-20(14-23)16-31-33(25)22-8-6-21(29)7-9-22/h4-11,14-16,18,26H,12-13H2,1-3H3,(H,32,34)/t18-,26-/m0/s1. The zero-order chi connectivity index (χ0) is 24.7. The molecule has 5 nitrogen and oxygen atoms in total. The Bertz CT molecular complexity index is 1390. The lowest BCUT2D eigenvalue weighted by molar-refractivity contribution is -0.127. The zero-order valence-corrected chi connectivity index (χ0v) is 19.9. The van der Waals surface area contributed by atoms with Crippen molar-refractivity contribution in [3.05, 3.63) is 89.6 Å².